The van der Waals surface area contributed by atoms with E-state index in [9.17, 15) is 13.6 Å². The Bertz CT molecular complexity index is 553. The van der Waals surface area contributed by atoms with Crippen LogP contribution in [0.1, 0.15) is 23.2 Å². The highest BCUT2D eigenvalue weighted by molar-refractivity contribution is 6.33. The summed E-state index contributed by atoms with van der Waals surface area (Å²) in [5.74, 6) is -1.19. The Balaban J connectivity index is 1.77. The van der Waals surface area contributed by atoms with Crippen molar-refractivity contribution in [1.82, 2.24) is 10.2 Å². The van der Waals surface area contributed by atoms with Crippen LogP contribution in [0.2, 0.25) is 5.02 Å². The van der Waals surface area contributed by atoms with Crippen molar-refractivity contribution < 1.29 is 13.6 Å². The first kappa shape index (κ1) is 14.7. The molecular formula is C15H17ClF2N2O. The molecule has 0 aromatic heterocycles. The fourth-order valence-electron chi connectivity index (χ4n) is 3.28. The molecule has 6 heteroatoms. The summed E-state index contributed by atoms with van der Waals surface area (Å²) in [6, 6.07) is 1.76. The molecule has 0 saturated carbocycles. The van der Waals surface area contributed by atoms with E-state index in [0.29, 0.717) is 24.9 Å². The molecule has 0 radical (unpaired) electrons. The number of halogens is 3. The third-order valence-electron chi connectivity index (χ3n) is 4.55. The zero-order valence-electron chi connectivity index (χ0n) is 11.5. The van der Waals surface area contributed by atoms with Crippen LogP contribution in [0.25, 0.3) is 0 Å². The SMILES string of the molecule is O=C(c1cc(F)c(F)cc1Cl)N1CC[C@@H]2CNC[C@@H]2CC1. The third-order valence-corrected chi connectivity index (χ3v) is 4.86. The fourth-order valence-corrected chi connectivity index (χ4v) is 3.51. The number of hydrogen-bond acceptors (Lipinski definition) is 2. The first-order valence-corrected chi connectivity index (χ1v) is 7.58. The Morgan fingerprint density at radius 3 is 2.33 bits per heavy atom. The Kier molecular flexibility index (Phi) is 4.13. The maximum atomic E-state index is 13.3. The summed E-state index contributed by atoms with van der Waals surface area (Å²) in [7, 11) is 0. The summed E-state index contributed by atoms with van der Waals surface area (Å²) in [5.41, 5.74) is 0.0424. The van der Waals surface area contributed by atoms with Crippen LogP contribution in [0.15, 0.2) is 12.1 Å². The highest BCUT2D eigenvalue weighted by Gasteiger charge is 2.32. The standard InChI is InChI=1S/C15H17ClF2N2O/c16-12-6-14(18)13(17)5-11(12)15(21)20-3-1-9-7-19-8-10(9)2-4-20/h5-6,9-10,19H,1-4,7-8H2/t9-,10+. The number of likely N-dealkylation sites (tertiary alicyclic amines) is 1. The topological polar surface area (TPSA) is 32.3 Å². The molecule has 21 heavy (non-hydrogen) atoms. The second kappa shape index (κ2) is 5.89. The van der Waals surface area contributed by atoms with E-state index < -0.39 is 11.6 Å². The molecular weight excluding hydrogens is 298 g/mol. The predicted molar refractivity (Wildman–Crippen MR) is 76.4 cm³/mol. The van der Waals surface area contributed by atoms with E-state index in [1.54, 1.807) is 4.90 Å². The van der Waals surface area contributed by atoms with Crippen LogP contribution in [0, 0.1) is 23.5 Å². The molecule has 2 aliphatic rings. The maximum absolute atomic E-state index is 13.3. The van der Waals surface area contributed by atoms with Gasteiger partial charge >= 0.3 is 0 Å². The van der Waals surface area contributed by atoms with Crippen molar-refractivity contribution in [3.05, 3.63) is 34.4 Å². The highest BCUT2D eigenvalue weighted by atomic mass is 35.5. The second-order valence-electron chi connectivity index (χ2n) is 5.79. The van der Waals surface area contributed by atoms with Gasteiger partial charge in [0.1, 0.15) is 0 Å². The number of benzene rings is 1. The van der Waals surface area contributed by atoms with Crippen molar-refractivity contribution >= 4 is 17.5 Å². The zero-order chi connectivity index (χ0) is 15.0. The van der Waals surface area contributed by atoms with Gasteiger partial charge in [0.25, 0.3) is 5.91 Å². The Morgan fingerprint density at radius 1 is 1.14 bits per heavy atom. The number of hydrogen-bond donors (Lipinski definition) is 1. The smallest absolute Gasteiger partial charge is 0.255 e. The van der Waals surface area contributed by atoms with Gasteiger partial charge in [-0.3, -0.25) is 4.79 Å². The molecule has 3 rings (SSSR count). The summed E-state index contributed by atoms with van der Waals surface area (Å²) in [6.07, 6.45) is 1.87. The minimum atomic E-state index is -1.04. The summed E-state index contributed by atoms with van der Waals surface area (Å²) < 4.78 is 26.4. The number of carbonyl (C=O) groups is 1. The maximum Gasteiger partial charge on any atom is 0.255 e. The van der Waals surface area contributed by atoms with Crippen LogP contribution < -0.4 is 5.32 Å². The molecule has 1 aromatic rings. The largest absolute Gasteiger partial charge is 0.339 e. The van der Waals surface area contributed by atoms with Gasteiger partial charge in [0.05, 0.1) is 10.6 Å². The van der Waals surface area contributed by atoms with E-state index in [-0.39, 0.29) is 16.5 Å². The lowest BCUT2D eigenvalue weighted by atomic mass is 9.92. The Hall–Kier alpha value is -1.20. The number of nitrogens with one attached hydrogen (secondary N) is 1. The quantitative estimate of drug-likeness (QED) is 0.808. The van der Waals surface area contributed by atoms with Crippen molar-refractivity contribution in [3.63, 3.8) is 0 Å². The molecule has 2 saturated heterocycles. The van der Waals surface area contributed by atoms with E-state index in [4.69, 9.17) is 11.6 Å². The minimum absolute atomic E-state index is 0.0370. The molecule has 114 valence electrons. The molecule has 1 amide bonds. The van der Waals surface area contributed by atoms with Gasteiger partial charge in [0.15, 0.2) is 11.6 Å². The van der Waals surface area contributed by atoms with Gasteiger partial charge in [-0.05, 0) is 49.9 Å². The van der Waals surface area contributed by atoms with Crippen LogP contribution in [0.4, 0.5) is 8.78 Å². The molecule has 2 aliphatic heterocycles. The molecule has 3 nitrogen and oxygen atoms in total. The number of rotatable bonds is 1. The molecule has 2 atom stereocenters. The van der Waals surface area contributed by atoms with E-state index >= 15 is 0 Å². The lowest BCUT2D eigenvalue weighted by Gasteiger charge is -2.21. The van der Waals surface area contributed by atoms with Gasteiger partial charge in [-0.2, -0.15) is 0 Å². The number of nitrogens with zero attached hydrogens (tertiary/aromatic N) is 1. The van der Waals surface area contributed by atoms with Crippen molar-refractivity contribution in [2.75, 3.05) is 26.2 Å². The summed E-state index contributed by atoms with van der Waals surface area (Å²) in [5, 5.41) is 3.34. The van der Waals surface area contributed by atoms with Crippen molar-refractivity contribution in [2.24, 2.45) is 11.8 Å². The summed E-state index contributed by atoms with van der Waals surface area (Å²) in [6.45, 7) is 3.27. The van der Waals surface area contributed by atoms with E-state index in [1.165, 1.54) is 0 Å². The van der Waals surface area contributed by atoms with E-state index in [0.717, 1.165) is 38.1 Å². The van der Waals surface area contributed by atoms with Crippen LogP contribution >= 0.6 is 11.6 Å². The Morgan fingerprint density at radius 2 is 1.71 bits per heavy atom. The number of fused-ring (bicyclic) bond motifs is 1. The van der Waals surface area contributed by atoms with Crippen molar-refractivity contribution in [2.45, 2.75) is 12.8 Å². The third kappa shape index (κ3) is 2.90. The van der Waals surface area contributed by atoms with Crippen molar-refractivity contribution in [3.8, 4) is 0 Å². The summed E-state index contributed by atoms with van der Waals surface area (Å²) >= 11 is 5.89. The molecule has 2 fully saturated rings. The van der Waals surface area contributed by atoms with Gasteiger partial charge in [-0.1, -0.05) is 11.6 Å². The lowest BCUT2D eigenvalue weighted by molar-refractivity contribution is 0.0758. The van der Waals surface area contributed by atoms with Crippen molar-refractivity contribution in [1.29, 1.82) is 0 Å². The van der Waals surface area contributed by atoms with Gasteiger partial charge in [0, 0.05) is 13.1 Å². The molecule has 2 heterocycles. The van der Waals surface area contributed by atoms with Crippen LogP contribution in [-0.2, 0) is 0 Å². The average molecular weight is 315 g/mol. The first-order chi connectivity index (χ1) is 10.1. The molecule has 1 aromatic carbocycles. The normalized spacial score (nSPS) is 25.6. The number of amides is 1. The van der Waals surface area contributed by atoms with Crippen LogP contribution in [-0.4, -0.2) is 37.0 Å². The minimum Gasteiger partial charge on any atom is -0.339 e. The summed E-state index contributed by atoms with van der Waals surface area (Å²) in [4.78, 5) is 14.2. The van der Waals surface area contributed by atoms with Gasteiger partial charge in [-0.15, -0.1) is 0 Å². The monoisotopic (exact) mass is 314 g/mol. The first-order valence-electron chi connectivity index (χ1n) is 7.21. The van der Waals surface area contributed by atoms with E-state index in [1.807, 2.05) is 0 Å². The van der Waals surface area contributed by atoms with Crippen LogP contribution in [0.3, 0.4) is 0 Å². The van der Waals surface area contributed by atoms with Gasteiger partial charge in [-0.25, -0.2) is 8.78 Å². The van der Waals surface area contributed by atoms with Crippen LogP contribution in [0.5, 0.6) is 0 Å². The highest BCUT2D eigenvalue weighted by Crippen LogP contribution is 2.29. The van der Waals surface area contributed by atoms with E-state index in [2.05, 4.69) is 5.32 Å². The molecule has 0 spiro atoms. The van der Waals surface area contributed by atoms with Gasteiger partial charge < -0.3 is 10.2 Å². The molecule has 0 unspecified atom stereocenters. The molecule has 0 aliphatic carbocycles. The zero-order valence-corrected chi connectivity index (χ0v) is 12.3. The average Bonchev–Trinajstić information content (AvgIpc) is 2.81. The second-order valence-corrected chi connectivity index (χ2v) is 6.20. The predicted octanol–water partition coefficient (Wildman–Crippen LogP) is 2.69. The lowest BCUT2D eigenvalue weighted by Crippen LogP contribution is -2.33. The fraction of sp³-hybridized carbons (Fsp3) is 0.533. The van der Waals surface area contributed by atoms with Gasteiger partial charge in [0.2, 0.25) is 0 Å². The molecule has 1 N–H and O–H groups in total. The number of carbonyl (C=O) groups excluding carboxylic acids is 1. The molecule has 0 bridgehead atoms. The Labute approximate surface area is 127 Å².